The monoisotopic (exact) mass is 356 g/mol. The Bertz CT molecular complexity index is 780. The molecule has 0 unspecified atom stereocenters. The summed E-state index contributed by atoms with van der Waals surface area (Å²) in [5, 5.41) is 5.00. The van der Waals surface area contributed by atoms with Crippen LogP contribution >= 0.6 is 11.3 Å². The van der Waals surface area contributed by atoms with Crippen LogP contribution in [0.4, 0.5) is 10.5 Å². The number of thiophene rings is 1. The number of carbonyl (C=O) groups is 2. The van der Waals surface area contributed by atoms with E-state index in [1.807, 2.05) is 29.2 Å². The molecule has 1 aliphatic rings. The number of anilines is 1. The summed E-state index contributed by atoms with van der Waals surface area (Å²) in [6.45, 7) is 3.52. The highest BCUT2D eigenvalue weighted by Crippen LogP contribution is 2.24. The van der Waals surface area contributed by atoms with Crippen molar-refractivity contribution in [3.8, 4) is 0 Å². The van der Waals surface area contributed by atoms with Crippen molar-refractivity contribution in [3.05, 3.63) is 57.8 Å². The maximum absolute atomic E-state index is 12.4. The van der Waals surface area contributed by atoms with E-state index in [1.54, 1.807) is 24.3 Å². The van der Waals surface area contributed by atoms with Crippen LogP contribution in [0.25, 0.3) is 6.08 Å². The molecule has 0 aliphatic carbocycles. The molecule has 0 radical (unpaired) electrons. The maximum atomic E-state index is 12.4. The van der Waals surface area contributed by atoms with Gasteiger partial charge in [-0.2, -0.15) is 0 Å². The minimum absolute atomic E-state index is 0.0911. The highest BCUT2D eigenvalue weighted by molar-refractivity contribution is 7.10. The molecule has 25 heavy (non-hydrogen) atoms. The van der Waals surface area contributed by atoms with Crippen molar-refractivity contribution in [2.45, 2.75) is 19.9 Å². The van der Waals surface area contributed by atoms with Gasteiger partial charge >= 0.3 is 12.0 Å². The van der Waals surface area contributed by atoms with E-state index in [-0.39, 0.29) is 12.0 Å². The highest BCUT2D eigenvalue weighted by Gasteiger charge is 2.21. The average molecular weight is 356 g/mol. The van der Waals surface area contributed by atoms with Gasteiger partial charge in [0.25, 0.3) is 0 Å². The Morgan fingerprint density at radius 3 is 2.84 bits per heavy atom. The van der Waals surface area contributed by atoms with Crippen LogP contribution in [0.5, 0.6) is 0 Å². The summed E-state index contributed by atoms with van der Waals surface area (Å²) in [6.07, 6.45) is 3.99. The van der Waals surface area contributed by atoms with E-state index in [0.717, 1.165) is 24.2 Å². The molecule has 0 bridgehead atoms. The van der Waals surface area contributed by atoms with Crippen LogP contribution in [0.3, 0.4) is 0 Å². The molecule has 0 saturated carbocycles. The third-order valence-electron chi connectivity index (χ3n) is 3.96. The number of amides is 2. The summed E-state index contributed by atoms with van der Waals surface area (Å²) >= 11 is 1.76. The van der Waals surface area contributed by atoms with Gasteiger partial charge in [0.05, 0.1) is 6.61 Å². The van der Waals surface area contributed by atoms with Crippen LogP contribution in [0.15, 0.2) is 41.8 Å². The molecule has 0 atom stereocenters. The van der Waals surface area contributed by atoms with Gasteiger partial charge in [-0.3, -0.25) is 0 Å². The van der Waals surface area contributed by atoms with Gasteiger partial charge in [0, 0.05) is 29.7 Å². The second kappa shape index (κ2) is 7.98. The summed E-state index contributed by atoms with van der Waals surface area (Å²) < 4.78 is 4.84. The van der Waals surface area contributed by atoms with Crippen molar-refractivity contribution in [3.63, 3.8) is 0 Å². The first-order valence-corrected chi connectivity index (χ1v) is 9.09. The second-order valence-corrected chi connectivity index (χ2v) is 6.68. The third-order valence-corrected chi connectivity index (χ3v) is 4.98. The number of hydrogen-bond donors (Lipinski definition) is 1. The molecule has 5 nitrogen and oxygen atoms in total. The van der Waals surface area contributed by atoms with Crippen molar-refractivity contribution in [2.75, 3.05) is 18.5 Å². The van der Waals surface area contributed by atoms with Crippen molar-refractivity contribution in [1.82, 2.24) is 4.90 Å². The molecule has 2 aromatic rings. The van der Waals surface area contributed by atoms with Crippen LogP contribution in [0, 0.1) is 0 Å². The standard InChI is InChI=1S/C19H20N2O3S/c1-2-24-18(22)8-5-14-3-6-16(7-4-14)20-19(23)21-11-9-17-15(13-21)10-12-25-17/h3-8,10,12H,2,9,11,13H2,1H3,(H,20,23)/b8-5+. The van der Waals surface area contributed by atoms with E-state index < -0.39 is 0 Å². The van der Waals surface area contributed by atoms with Gasteiger partial charge in [0.1, 0.15) is 0 Å². The third kappa shape index (κ3) is 4.48. The van der Waals surface area contributed by atoms with Crippen LogP contribution < -0.4 is 5.32 Å². The number of nitrogens with one attached hydrogen (secondary N) is 1. The number of hydrogen-bond acceptors (Lipinski definition) is 4. The van der Waals surface area contributed by atoms with E-state index in [2.05, 4.69) is 16.8 Å². The van der Waals surface area contributed by atoms with Crippen molar-refractivity contribution in [1.29, 1.82) is 0 Å². The molecule has 130 valence electrons. The van der Waals surface area contributed by atoms with E-state index in [9.17, 15) is 9.59 Å². The first kappa shape index (κ1) is 17.2. The molecule has 1 aromatic carbocycles. The fourth-order valence-electron chi connectivity index (χ4n) is 2.66. The fraction of sp³-hybridized carbons (Fsp3) is 0.263. The summed E-state index contributed by atoms with van der Waals surface area (Å²) in [4.78, 5) is 26.9. The molecule has 2 amide bonds. The summed E-state index contributed by atoms with van der Waals surface area (Å²) in [7, 11) is 0. The minimum Gasteiger partial charge on any atom is -0.463 e. The lowest BCUT2D eigenvalue weighted by Crippen LogP contribution is -2.38. The normalized spacial score (nSPS) is 13.6. The van der Waals surface area contributed by atoms with E-state index in [4.69, 9.17) is 4.74 Å². The number of nitrogens with zero attached hydrogens (tertiary/aromatic N) is 1. The van der Waals surface area contributed by atoms with Crippen molar-refractivity contribution < 1.29 is 14.3 Å². The van der Waals surface area contributed by atoms with Crippen LogP contribution in [0.1, 0.15) is 22.9 Å². The predicted octanol–water partition coefficient (Wildman–Crippen LogP) is 3.91. The summed E-state index contributed by atoms with van der Waals surface area (Å²) in [5.74, 6) is -0.363. The zero-order valence-corrected chi connectivity index (χ0v) is 14.8. The molecule has 6 heteroatoms. The SMILES string of the molecule is CCOC(=O)/C=C/c1ccc(NC(=O)N2CCc3sccc3C2)cc1. The first-order valence-electron chi connectivity index (χ1n) is 8.22. The molecule has 1 aromatic heterocycles. The van der Waals surface area contributed by atoms with Gasteiger partial charge < -0.3 is 15.0 Å². The maximum Gasteiger partial charge on any atom is 0.330 e. The van der Waals surface area contributed by atoms with Crippen LogP contribution in [-0.2, 0) is 22.5 Å². The van der Waals surface area contributed by atoms with Gasteiger partial charge in [-0.1, -0.05) is 12.1 Å². The average Bonchev–Trinajstić information content (AvgIpc) is 3.09. The Balaban J connectivity index is 1.56. The largest absolute Gasteiger partial charge is 0.463 e. The first-order chi connectivity index (χ1) is 12.2. The van der Waals surface area contributed by atoms with Gasteiger partial charge in [-0.25, -0.2) is 9.59 Å². The van der Waals surface area contributed by atoms with E-state index >= 15 is 0 Å². The molecule has 2 heterocycles. The lowest BCUT2D eigenvalue weighted by Gasteiger charge is -2.27. The fourth-order valence-corrected chi connectivity index (χ4v) is 3.55. The predicted molar refractivity (Wildman–Crippen MR) is 99.6 cm³/mol. The number of urea groups is 1. The topological polar surface area (TPSA) is 58.6 Å². The number of fused-ring (bicyclic) bond motifs is 1. The number of rotatable bonds is 4. The van der Waals surface area contributed by atoms with Crippen molar-refractivity contribution >= 4 is 35.1 Å². The Morgan fingerprint density at radius 1 is 1.28 bits per heavy atom. The Labute approximate surface area is 150 Å². The molecular weight excluding hydrogens is 336 g/mol. The van der Waals surface area contributed by atoms with Gasteiger partial charge in [0.15, 0.2) is 0 Å². The molecule has 1 aliphatic heterocycles. The van der Waals surface area contributed by atoms with Crippen molar-refractivity contribution in [2.24, 2.45) is 0 Å². The van der Waals surface area contributed by atoms with Crippen LogP contribution in [-0.4, -0.2) is 30.1 Å². The Kier molecular flexibility index (Phi) is 5.50. The summed E-state index contributed by atoms with van der Waals surface area (Å²) in [5.41, 5.74) is 2.84. The Hall–Kier alpha value is -2.60. The zero-order valence-electron chi connectivity index (χ0n) is 14.0. The molecular formula is C19H20N2O3S. The van der Waals surface area contributed by atoms with E-state index in [1.165, 1.54) is 16.5 Å². The van der Waals surface area contributed by atoms with Crippen LogP contribution in [0.2, 0.25) is 0 Å². The molecule has 1 N–H and O–H groups in total. The quantitative estimate of drug-likeness (QED) is 0.667. The van der Waals surface area contributed by atoms with E-state index in [0.29, 0.717) is 13.2 Å². The number of benzene rings is 1. The van der Waals surface area contributed by atoms with Gasteiger partial charge in [-0.05, 0) is 54.1 Å². The lowest BCUT2D eigenvalue weighted by atomic mass is 10.1. The smallest absolute Gasteiger partial charge is 0.330 e. The number of carbonyl (C=O) groups excluding carboxylic acids is 2. The molecule has 0 fully saturated rings. The summed E-state index contributed by atoms with van der Waals surface area (Å²) in [6, 6.07) is 9.33. The number of esters is 1. The zero-order chi connectivity index (χ0) is 17.6. The molecule has 0 spiro atoms. The number of ether oxygens (including phenoxy) is 1. The van der Waals surface area contributed by atoms with Gasteiger partial charge in [-0.15, -0.1) is 11.3 Å². The lowest BCUT2D eigenvalue weighted by molar-refractivity contribution is -0.137. The second-order valence-electron chi connectivity index (χ2n) is 5.68. The Morgan fingerprint density at radius 2 is 2.08 bits per heavy atom. The molecule has 3 rings (SSSR count). The highest BCUT2D eigenvalue weighted by atomic mass is 32.1. The minimum atomic E-state index is -0.363. The van der Waals surface area contributed by atoms with Gasteiger partial charge in [0.2, 0.25) is 0 Å². The molecule has 0 saturated heterocycles.